The molecule has 1 saturated heterocycles. The van der Waals surface area contributed by atoms with Gasteiger partial charge in [0.1, 0.15) is 11.7 Å². The minimum absolute atomic E-state index is 0.00655. The minimum atomic E-state index is -0.952. The predicted octanol–water partition coefficient (Wildman–Crippen LogP) is 4.29. The van der Waals surface area contributed by atoms with Gasteiger partial charge < -0.3 is 19.5 Å². The van der Waals surface area contributed by atoms with Gasteiger partial charge in [0.05, 0.1) is 11.3 Å². The zero-order valence-electron chi connectivity index (χ0n) is 16.2. The summed E-state index contributed by atoms with van der Waals surface area (Å²) >= 11 is 1.41. The summed E-state index contributed by atoms with van der Waals surface area (Å²) in [6, 6.07) is 6.59. The summed E-state index contributed by atoms with van der Waals surface area (Å²) in [4.78, 5) is 29.3. The van der Waals surface area contributed by atoms with E-state index in [1.165, 1.54) is 11.3 Å². The first-order valence-corrected chi connectivity index (χ1v) is 10.0. The molecular weight excluding hydrogens is 380 g/mol. The average Bonchev–Trinajstić information content (AvgIpc) is 3.09. The van der Waals surface area contributed by atoms with Crippen LogP contribution in [0.3, 0.4) is 0 Å². The van der Waals surface area contributed by atoms with Crippen LogP contribution in [0.1, 0.15) is 44.0 Å². The van der Waals surface area contributed by atoms with E-state index in [9.17, 15) is 9.59 Å². The molecule has 0 unspecified atom stereocenters. The largest absolute Gasteiger partial charge is 0.478 e. The number of aromatic nitrogens is 1. The van der Waals surface area contributed by atoms with E-state index in [0.717, 1.165) is 24.1 Å². The van der Waals surface area contributed by atoms with Crippen LogP contribution >= 0.6 is 11.3 Å². The van der Waals surface area contributed by atoms with Crippen molar-refractivity contribution in [1.82, 2.24) is 9.88 Å². The van der Waals surface area contributed by atoms with Gasteiger partial charge in [-0.1, -0.05) is 23.5 Å². The van der Waals surface area contributed by atoms with Crippen LogP contribution in [0.25, 0.3) is 11.3 Å². The van der Waals surface area contributed by atoms with E-state index in [2.05, 4.69) is 4.98 Å². The highest BCUT2D eigenvalue weighted by molar-refractivity contribution is 7.11. The van der Waals surface area contributed by atoms with E-state index in [1.54, 1.807) is 29.2 Å². The lowest BCUT2D eigenvalue weighted by atomic mass is 10.1. The molecule has 0 bridgehead atoms. The van der Waals surface area contributed by atoms with Crippen LogP contribution in [0.15, 0.2) is 29.6 Å². The van der Waals surface area contributed by atoms with Gasteiger partial charge in [0, 0.05) is 36.9 Å². The van der Waals surface area contributed by atoms with Gasteiger partial charge in [-0.05, 0) is 32.9 Å². The van der Waals surface area contributed by atoms with Crippen molar-refractivity contribution < 1.29 is 24.2 Å². The van der Waals surface area contributed by atoms with Crippen LogP contribution < -0.4 is 4.74 Å². The van der Waals surface area contributed by atoms with E-state index in [1.807, 2.05) is 26.2 Å². The molecule has 1 aliphatic rings. The minimum Gasteiger partial charge on any atom is -0.478 e. The maximum Gasteiger partial charge on any atom is 0.410 e. The van der Waals surface area contributed by atoms with Gasteiger partial charge in [-0.2, -0.15) is 0 Å². The lowest BCUT2D eigenvalue weighted by Gasteiger charge is -2.33. The zero-order chi connectivity index (χ0) is 20.3. The number of aromatic carboxylic acids is 1. The van der Waals surface area contributed by atoms with Crippen LogP contribution in [-0.4, -0.2) is 51.8 Å². The lowest BCUT2D eigenvalue weighted by molar-refractivity contribution is 0.0126. The van der Waals surface area contributed by atoms with Gasteiger partial charge >= 0.3 is 12.1 Å². The van der Waals surface area contributed by atoms with Crippen LogP contribution in [0.4, 0.5) is 4.79 Å². The molecule has 28 heavy (non-hydrogen) atoms. The quantitative estimate of drug-likeness (QED) is 0.818. The molecule has 3 rings (SSSR count). The normalized spacial score (nSPS) is 15.3. The van der Waals surface area contributed by atoms with Gasteiger partial charge in [-0.3, -0.25) is 0 Å². The SMILES string of the molecule is CC(C)(C)OC(=O)N1CCC(Oc2nc(-c3ccc(C(=O)O)cc3)cs2)CC1. The number of piperidine rings is 1. The molecule has 2 heterocycles. The number of carbonyl (C=O) groups excluding carboxylic acids is 1. The molecule has 1 aromatic carbocycles. The first kappa shape index (κ1) is 20.1. The second kappa shape index (κ2) is 8.18. The number of hydrogen-bond donors (Lipinski definition) is 1. The number of ether oxygens (including phenoxy) is 2. The fourth-order valence-corrected chi connectivity index (χ4v) is 3.60. The summed E-state index contributed by atoms with van der Waals surface area (Å²) < 4.78 is 11.4. The Balaban J connectivity index is 1.53. The molecule has 8 heteroatoms. The third-order valence-corrected chi connectivity index (χ3v) is 5.00. The molecule has 0 radical (unpaired) electrons. The van der Waals surface area contributed by atoms with Crippen LogP contribution in [0, 0.1) is 0 Å². The van der Waals surface area contributed by atoms with Gasteiger partial charge in [-0.25, -0.2) is 14.6 Å². The number of nitrogens with zero attached hydrogens (tertiary/aromatic N) is 2. The van der Waals surface area contributed by atoms with Crippen LogP contribution in [0.5, 0.6) is 5.19 Å². The first-order valence-electron chi connectivity index (χ1n) is 9.15. The van der Waals surface area contributed by atoms with Gasteiger partial charge in [-0.15, -0.1) is 0 Å². The summed E-state index contributed by atoms with van der Waals surface area (Å²) in [5, 5.41) is 11.4. The molecule has 0 spiro atoms. The highest BCUT2D eigenvalue weighted by Gasteiger charge is 2.28. The Labute approximate surface area is 167 Å². The summed E-state index contributed by atoms with van der Waals surface area (Å²) in [6.45, 7) is 6.75. The van der Waals surface area contributed by atoms with Crippen molar-refractivity contribution in [3.05, 3.63) is 35.2 Å². The molecule has 0 atom stereocenters. The van der Waals surface area contributed by atoms with Crippen molar-refractivity contribution in [2.75, 3.05) is 13.1 Å². The molecule has 1 amide bonds. The number of carboxylic acids is 1. The van der Waals surface area contributed by atoms with Crippen molar-refractivity contribution in [3.63, 3.8) is 0 Å². The van der Waals surface area contributed by atoms with Crippen molar-refractivity contribution in [2.24, 2.45) is 0 Å². The van der Waals surface area contributed by atoms with E-state index in [-0.39, 0.29) is 17.8 Å². The van der Waals surface area contributed by atoms with Crippen molar-refractivity contribution in [2.45, 2.75) is 45.3 Å². The zero-order valence-corrected chi connectivity index (χ0v) is 17.0. The fraction of sp³-hybridized carbons (Fsp3) is 0.450. The van der Waals surface area contributed by atoms with Crippen molar-refractivity contribution >= 4 is 23.4 Å². The van der Waals surface area contributed by atoms with E-state index >= 15 is 0 Å². The molecule has 150 valence electrons. The number of likely N-dealkylation sites (tertiary alicyclic amines) is 1. The van der Waals surface area contributed by atoms with Crippen LogP contribution in [0.2, 0.25) is 0 Å². The molecular formula is C20H24N2O5S. The Kier molecular flexibility index (Phi) is 5.88. The monoisotopic (exact) mass is 404 g/mol. The van der Waals surface area contributed by atoms with E-state index in [0.29, 0.717) is 18.3 Å². The van der Waals surface area contributed by atoms with E-state index in [4.69, 9.17) is 14.6 Å². The molecule has 1 fully saturated rings. The fourth-order valence-electron chi connectivity index (χ4n) is 2.85. The maximum atomic E-state index is 12.1. The van der Waals surface area contributed by atoms with Crippen molar-refractivity contribution in [3.8, 4) is 16.5 Å². The molecule has 1 aromatic heterocycles. The number of benzene rings is 1. The maximum absolute atomic E-state index is 12.1. The molecule has 0 saturated carbocycles. The van der Waals surface area contributed by atoms with Crippen LogP contribution in [-0.2, 0) is 4.74 Å². The number of hydrogen-bond acceptors (Lipinski definition) is 6. The lowest BCUT2D eigenvalue weighted by Crippen LogP contribution is -2.44. The smallest absolute Gasteiger partial charge is 0.410 e. The Bertz CT molecular complexity index is 833. The Morgan fingerprint density at radius 2 is 1.82 bits per heavy atom. The topological polar surface area (TPSA) is 89.0 Å². The second-order valence-electron chi connectivity index (χ2n) is 7.67. The number of carbonyl (C=O) groups is 2. The van der Waals surface area contributed by atoms with Gasteiger partial charge in [0.25, 0.3) is 5.19 Å². The molecule has 1 N–H and O–H groups in total. The first-order chi connectivity index (χ1) is 13.2. The molecule has 1 aliphatic heterocycles. The highest BCUT2D eigenvalue weighted by atomic mass is 32.1. The molecule has 2 aromatic rings. The number of carboxylic acid groups (broad SMARTS) is 1. The Hall–Kier alpha value is -2.61. The Morgan fingerprint density at radius 1 is 1.18 bits per heavy atom. The standard InChI is InChI=1S/C20H24N2O5S/c1-20(2,3)27-19(25)22-10-8-15(9-11-22)26-18-21-16(12-28-18)13-4-6-14(7-5-13)17(23)24/h4-7,12,15H,8-11H2,1-3H3,(H,23,24). The number of rotatable bonds is 4. The number of amides is 1. The third kappa shape index (κ3) is 5.22. The number of thiazole rings is 1. The highest BCUT2D eigenvalue weighted by Crippen LogP contribution is 2.29. The summed E-state index contributed by atoms with van der Waals surface area (Å²) in [7, 11) is 0. The summed E-state index contributed by atoms with van der Waals surface area (Å²) in [5.74, 6) is -0.952. The third-order valence-electron chi connectivity index (χ3n) is 4.27. The predicted molar refractivity (Wildman–Crippen MR) is 106 cm³/mol. The molecule has 0 aliphatic carbocycles. The van der Waals surface area contributed by atoms with E-state index < -0.39 is 11.6 Å². The summed E-state index contributed by atoms with van der Waals surface area (Å²) in [6.07, 6.45) is 1.17. The average molecular weight is 404 g/mol. The Morgan fingerprint density at radius 3 is 2.39 bits per heavy atom. The molecule has 7 nitrogen and oxygen atoms in total. The summed E-state index contributed by atoms with van der Waals surface area (Å²) in [5.41, 5.74) is 1.34. The van der Waals surface area contributed by atoms with Gasteiger partial charge in [0.2, 0.25) is 0 Å². The van der Waals surface area contributed by atoms with Gasteiger partial charge in [0.15, 0.2) is 0 Å². The second-order valence-corrected chi connectivity index (χ2v) is 8.49. The van der Waals surface area contributed by atoms with Crippen molar-refractivity contribution in [1.29, 1.82) is 0 Å².